The van der Waals surface area contributed by atoms with E-state index < -0.39 is 0 Å². The summed E-state index contributed by atoms with van der Waals surface area (Å²) in [6.07, 6.45) is 3.83. The van der Waals surface area contributed by atoms with Gasteiger partial charge in [0.1, 0.15) is 16.2 Å². The lowest BCUT2D eigenvalue weighted by molar-refractivity contribution is 0.409. The Bertz CT molecular complexity index is 736. The molecule has 2 heterocycles. The highest BCUT2D eigenvalue weighted by molar-refractivity contribution is 9.10. The quantitative estimate of drug-likeness (QED) is 0.725. The lowest BCUT2D eigenvalue weighted by atomic mass is 10.1. The van der Waals surface area contributed by atoms with Crippen LogP contribution >= 0.6 is 15.9 Å². The van der Waals surface area contributed by atoms with Gasteiger partial charge in [0, 0.05) is 12.6 Å². The minimum absolute atomic E-state index is 0.872. The molecule has 0 saturated carbocycles. The van der Waals surface area contributed by atoms with Crippen LogP contribution in [-0.2, 0) is 12.8 Å². The van der Waals surface area contributed by atoms with Crippen molar-refractivity contribution in [2.75, 3.05) is 7.11 Å². The van der Waals surface area contributed by atoms with Crippen molar-refractivity contribution in [3.8, 4) is 5.75 Å². The predicted molar refractivity (Wildman–Crippen MR) is 83.3 cm³/mol. The van der Waals surface area contributed by atoms with Crippen LogP contribution in [0, 0.1) is 0 Å². The monoisotopic (exact) mass is 330 g/mol. The zero-order valence-corrected chi connectivity index (χ0v) is 12.8. The number of aromatic nitrogens is 2. The van der Waals surface area contributed by atoms with Gasteiger partial charge in [-0.3, -0.25) is 0 Å². The van der Waals surface area contributed by atoms with E-state index in [4.69, 9.17) is 4.74 Å². The van der Waals surface area contributed by atoms with E-state index in [-0.39, 0.29) is 0 Å². The molecule has 3 nitrogen and oxygen atoms in total. The summed E-state index contributed by atoms with van der Waals surface area (Å²) >= 11 is 3.52. The number of rotatable bonds is 4. The minimum atomic E-state index is 0.872. The summed E-state index contributed by atoms with van der Waals surface area (Å²) in [7, 11) is 1.71. The topological polar surface area (TPSA) is 26.5 Å². The molecular formula is C16H15BrN2O. The molecule has 0 aliphatic heterocycles. The second-order valence-corrected chi connectivity index (χ2v) is 5.34. The van der Waals surface area contributed by atoms with Gasteiger partial charge < -0.3 is 9.14 Å². The first-order valence-corrected chi connectivity index (χ1v) is 7.32. The molecule has 0 radical (unpaired) electrons. The molecule has 0 amide bonds. The molecule has 102 valence electrons. The summed E-state index contributed by atoms with van der Waals surface area (Å²) in [6, 6.07) is 14.2. The van der Waals surface area contributed by atoms with E-state index in [2.05, 4.69) is 37.4 Å². The molecule has 0 atom stereocenters. The number of ether oxygens (including phenoxy) is 1. The molecule has 0 aliphatic rings. The maximum Gasteiger partial charge on any atom is 0.132 e. The van der Waals surface area contributed by atoms with Crippen molar-refractivity contribution in [2.24, 2.45) is 0 Å². The van der Waals surface area contributed by atoms with Crippen LogP contribution < -0.4 is 4.74 Å². The van der Waals surface area contributed by atoms with Gasteiger partial charge in [0.05, 0.1) is 12.6 Å². The van der Waals surface area contributed by atoms with Crippen LogP contribution in [0.3, 0.4) is 0 Å². The first-order chi connectivity index (χ1) is 9.79. The van der Waals surface area contributed by atoms with Gasteiger partial charge in [0.2, 0.25) is 0 Å². The van der Waals surface area contributed by atoms with Crippen LogP contribution in [0.25, 0.3) is 5.52 Å². The van der Waals surface area contributed by atoms with Crippen molar-refractivity contribution in [2.45, 2.75) is 12.8 Å². The van der Waals surface area contributed by atoms with Gasteiger partial charge in [-0.15, -0.1) is 0 Å². The highest BCUT2D eigenvalue weighted by Gasteiger charge is 2.09. The first kappa shape index (κ1) is 13.2. The Labute approximate surface area is 126 Å². The molecule has 2 aromatic heterocycles. The third-order valence-electron chi connectivity index (χ3n) is 3.39. The fraction of sp³-hybridized carbons (Fsp3) is 0.188. The van der Waals surface area contributed by atoms with Crippen LogP contribution in [0.5, 0.6) is 5.75 Å². The number of hydrogen-bond acceptors (Lipinski definition) is 2. The SMILES string of the molecule is COc1ccccc1CCc1nc(Br)c2ccccn12. The fourth-order valence-corrected chi connectivity index (χ4v) is 2.92. The Morgan fingerprint density at radius 3 is 2.75 bits per heavy atom. The Morgan fingerprint density at radius 2 is 1.90 bits per heavy atom. The number of aryl methyl sites for hydroxylation is 2. The van der Waals surface area contributed by atoms with Crippen molar-refractivity contribution >= 4 is 21.4 Å². The molecule has 20 heavy (non-hydrogen) atoms. The maximum absolute atomic E-state index is 5.39. The number of methoxy groups -OCH3 is 1. The van der Waals surface area contributed by atoms with E-state index in [1.165, 1.54) is 5.56 Å². The van der Waals surface area contributed by atoms with Gasteiger partial charge in [0.25, 0.3) is 0 Å². The third kappa shape index (κ3) is 2.43. The lowest BCUT2D eigenvalue weighted by Crippen LogP contribution is -1.99. The Balaban J connectivity index is 1.87. The number of imidazole rings is 1. The Kier molecular flexibility index (Phi) is 3.74. The second-order valence-electron chi connectivity index (χ2n) is 4.59. The number of fused-ring (bicyclic) bond motifs is 1. The molecule has 1 aromatic carbocycles. The minimum Gasteiger partial charge on any atom is -0.496 e. The van der Waals surface area contributed by atoms with Crippen molar-refractivity contribution in [3.63, 3.8) is 0 Å². The Hall–Kier alpha value is -1.81. The van der Waals surface area contributed by atoms with Gasteiger partial charge in [-0.1, -0.05) is 24.3 Å². The van der Waals surface area contributed by atoms with Crippen molar-refractivity contribution < 1.29 is 4.74 Å². The molecule has 0 spiro atoms. The van der Waals surface area contributed by atoms with E-state index in [9.17, 15) is 0 Å². The molecule has 4 heteroatoms. The largest absolute Gasteiger partial charge is 0.496 e. The van der Waals surface area contributed by atoms with Crippen molar-refractivity contribution in [3.05, 3.63) is 64.7 Å². The van der Waals surface area contributed by atoms with Gasteiger partial charge in [-0.25, -0.2) is 4.98 Å². The summed E-state index contributed by atoms with van der Waals surface area (Å²) in [6.45, 7) is 0. The van der Waals surface area contributed by atoms with Crippen LogP contribution in [-0.4, -0.2) is 16.5 Å². The van der Waals surface area contributed by atoms with Gasteiger partial charge >= 0.3 is 0 Å². The molecule has 0 bridgehead atoms. The molecule has 0 fully saturated rings. The number of nitrogens with zero attached hydrogens (tertiary/aromatic N) is 2. The van der Waals surface area contributed by atoms with Gasteiger partial charge in [-0.2, -0.15) is 0 Å². The lowest BCUT2D eigenvalue weighted by Gasteiger charge is -2.07. The van der Waals surface area contributed by atoms with Crippen molar-refractivity contribution in [1.82, 2.24) is 9.38 Å². The Morgan fingerprint density at radius 1 is 1.10 bits per heavy atom. The summed E-state index contributed by atoms with van der Waals surface area (Å²) in [5.41, 5.74) is 2.31. The molecule has 0 saturated heterocycles. The van der Waals surface area contributed by atoms with E-state index in [0.29, 0.717) is 0 Å². The zero-order valence-electron chi connectivity index (χ0n) is 11.2. The van der Waals surface area contributed by atoms with Crippen LogP contribution in [0.15, 0.2) is 53.3 Å². The highest BCUT2D eigenvalue weighted by Crippen LogP contribution is 2.22. The average Bonchev–Trinajstić information content (AvgIpc) is 2.82. The maximum atomic E-state index is 5.39. The van der Waals surface area contributed by atoms with Crippen LogP contribution in [0.4, 0.5) is 0 Å². The van der Waals surface area contributed by atoms with E-state index in [1.807, 2.05) is 36.5 Å². The van der Waals surface area contributed by atoms with E-state index in [0.717, 1.165) is 34.5 Å². The number of pyridine rings is 1. The van der Waals surface area contributed by atoms with Gasteiger partial charge in [-0.05, 0) is 46.1 Å². The number of hydrogen-bond donors (Lipinski definition) is 0. The first-order valence-electron chi connectivity index (χ1n) is 6.53. The number of benzene rings is 1. The molecule has 0 unspecified atom stereocenters. The molecule has 3 aromatic rings. The smallest absolute Gasteiger partial charge is 0.132 e. The van der Waals surface area contributed by atoms with Crippen molar-refractivity contribution in [1.29, 1.82) is 0 Å². The summed E-state index contributed by atoms with van der Waals surface area (Å²) in [5, 5.41) is 0. The third-order valence-corrected chi connectivity index (χ3v) is 3.97. The molecule has 0 N–H and O–H groups in total. The summed E-state index contributed by atoms with van der Waals surface area (Å²) < 4.78 is 8.41. The number of para-hydroxylation sites is 1. The molecule has 3 rings (SSSR count). The standard InChI is InChI=1S/C16H15BrN2O/c1-20-14-8-3-2-6-12(14)9-10-15-18-16(17)13-7-4-5-11-19(13)15/h2-8,11H,9-10H2,1H3. The van der Waals surface area contributed by atoms with E-state index in [1.54, 1.807) is 7.11 Å². The average molecular weight is 331 g/mol. The fourth-order valence-electron chi connectivity index (χ4n) is 2.39. The predicted octanol–water partition coefficient (Wildman–Crippen LogP) is 3.89. The highest BCUT2D eigenvalue weighted by atomic mass is 79.9. The van der Waals surface area contributed by atoms with Gasteiger partial charge in [0.15, 0.2) is 0 Å². The number of halogens is 1. The molecular weight excluding hydrogens is 316 g/mol. The second kappa shape index (κ2) is 5.67. The normalized spacial score (nSPS) is 10.9. The summed E-state index contributed by atoms with van der Waals surface area (Å²) in [5.74, 6) is 1.99. The molecule has 0 aliphatic carbocycles. The zero-order chi connectivity index (χ0) is 13.9. The summed E-state index contributed by atoms with van der Waals surface area (Å²) in [4.78, 5) is 4.60. The van der Waals surface area contributed by atoms with Crippen LogP contribution in [0.1, 0.15) is 11.4 Å². The van der Waals surface area contributed by atoms with Crippen LogP contribution in [0.2, 0.25) is 0 Å². The van der Waals surface area contributed by atoms with E-state index >= 15 is 0 Å².